The summed E-state index contributed by atoms with van der Waals surface area (Å²) in [5.41, 5.74) is 3.72. The fourth-order valence-electron chi connectivity index (χ4n) is 2.48. The van der Waals surface area contributed by atoms with Gasteiger partial charge in [0.2, 0.25) is 0 Å². The second-order valence-corrected chi connectivity index (χ2v) is 5.75. The van der Waals surface area contributed by atoms with Gasteiger partial charge in [0, 0.05) is 30.3 Å². The monoisotopic (exact) mass is 244 g/mol. The zero-order valence-corrected chi connectivity index (χ0v) is 11.5. The van der Waals surface area contributed by atoms with Crippen LogP contribution in [0.15, 0.2) is 12.3 Å². The van der Waals surface area contributed by atoms with Crippen LogP contribution in [0.4, 0.5) is 5.82 Å². The van der Waals surface area contributed by atoms with Crippen LogP contribution in [0.25, 0.3) is 5.65 Å². The summed E-state index contributed by atoms with van der Waals surface area (Å²) in [5.74, 6) is 1.52. The average molecular weight is 244 g/mol. The minimum Gasteiger partial charge on any atom is -0.373 e. The second kappa shape index (κ2) is 3.70. The summed E-state index contributed by atoms with van der Waals surface area (Å²) in [4.78, 5) is 4.81. The molecule has 0 spiro atoms. The summed E-state index contributed by atoms with van der Waals surface area (Å²) in [6.45, 7) is 6.70. The molecule has 0 aromatic carbocycles. The third-order valence-electron chi connectivity index (χ3n) is 4.45. The minimum absolute atomic E-state index is 0.449. The molecule has 18 heavy (non-hydrogen) atoms. The van der Waals surface area contributed by atoms with E-state index in [-0.39, 0.29) is 0 Å². The summed E-state index contributed by atoms with van der Waals surface area (Å²) >= 11 is 0. The number of hydrogen-bond donors (Lipinski definition) is 1. The molecular weight excluding hydrogens is 224 g/mol. The van der Waals surface area contributed by atoms with Gasteiger partial charge in [0.05, 0.1) is 6.20 Å². The SMILES string of the molecule is CNc1cc(C(C)C2(C)CC2)nc2c(C)cnn12. The van der Waals surface area contributed by atoms with Crippen LogP contribution in [0.5, 0.6) is 0 Å². The standard InChI is InChI=1S/C14H20N4/c1-9-8-16-18-12(15-4)7-11(17-13(9)18)10(2)14(3)5-6-14/h7-8,10,15H,5-6H2,1-4H3. The van der Waals surface area contributed by atoms with Gasteiger partial charge < -0.3 is 5.32 Å². The van der Waals surface area contributed by atoms with Gasteiger partial charge in [-0.2, -0.15) is 9.61 Å². The Morgan fingerprint density at radius 3 is 2.78 bits per heavy atom. The van der Waals surface area contributed by atoms with E-state index in [0.717, 1.165) is 17.0 Å². The van der Waals surface area contributed by atoms with Crippen molar-refractivity contribution in [3.05, 3.63) is 23.5 Å². The second-order valence-electron chi connectivity index (χ2n) is 5.75. The van der Waals surface area contributed by atoms with Crippen molar-refractivity contribution in [2.45, 2.75) is 39.5 Å². The molecule has 0 saturated heterocycles. The van der Waals surface area contributed by atoms with Crippen LogP contribution in [-0.4, -0.2) is 21.6 Å². The molecule has 1 saturated carbocycles. The van der Waals surface area contributed by atoms with Crippen molar-refractivity contribution in [1.29, 1.82) is 0 Å². The zero-order valence-electron chi connectivity index (χ0n) is 11.5. The number of hydrogen-bond acceptors (Lipinski definition) is 3. The molecule has 1 N–H and O–H groups in total. The van der Waals surface area contributed by atoms with E-state index in [9.17, 15) is 0 Å². The van der Waals surface area contributed by atoms with Gasteiger partial charge >= 0.3 is 0 Å². The summed E-state index contributed by atoms with van der Waals surface area (Å²) in [7, 11) is 1.93. The Balaban J connectivity index is 2.15. The van der Waals surface area contributed by atoms with Gasteiger partial charge in [0.15, 0.2) is 5.65 Å². The zero-order chi connectivity index (χ0) is 12.9. The molecular formula is C14H20N4. The fourth-order valence-corrected chi connectivity index (χ4v) is 2.48. The molecule has 4 heteroatoms. The maximum atomic E-state index is 4.81. The van der Waals surface area contributed by atoms with Crippen molar-refractivity contribution in [3.8, 4) is 0 Å². The fraction of sp³-hybridized carbons (Fsp3) is 0.571. The first kappa shape index (κ1) is 11.5. The topological polar surface area (TPSA) is 42.2 Å². The lowest BCUT2D eigenvalue weighted by Gasteiger charge is -2.19. The molecule has 1 atom stereocenters. The highest BCUT2D eigenvalue weighted by molar-refractivity contribution is 5.54. The Kier molecular flexibility index (Phi) is 2.37. The highest BCUT2D eigenvalue weighted by Crippen LogP contribution is 2.55. The van der Waals surface area contributed by atoms with Crippen molar-refractivity contribution >= 4 is 11.5 Å². The van der Waals surface area contributed by atoms with E-state index >= 15 is 0 Å². The largest absolute Gasteiger partial charge is 0.373 e. The van der Waals surface area contributed by atoms with Crippen molar-refractivity contribution in [2.75, 3.05) is 12.4 Å². The Hall–Kier alpha value is -1.58. The Bertz CT molecular complexity index is 595. The lowest BCUT2D eigenvalue weighted by Crippen LogP contribution is -2.11. The van der Waals surface area contributed by atoms with Gasteiger partial charge in [0.1, 0.15) is 5.82 Å². The summed E-state index contributed by atoms with van der Waals surface area (Å²) < 4.78 is 1.88. The van der Waals surface area contributed by atoms with Crippen LogP contribution in [0, 0.1) is 12.3 Å². The summed E-state index contributed by atoms with van der Waals surface area (Å²) in [6, 6.07) is 2.13. The van der Waals surface area contributed by atoms with E-state index in [0.29, 0.717) is 11.3 Å². The van der Waals surface area contributed by atoms with E-state index in [2.05, 4.69) is 37.3 Å². The summed E-state index contributed by atoms with van der Waals surface area (Å²) in [6.07, 6.45) is 4.50. The Labute approximate surface area is 107 Å². The predicted molar refractivity (Wildman–Crippen MR) is 73.0 cm³/mol. The maximum absolute atomic E-state index is 4.81. The minimum atomic E-state index is 0.449. The molecule has 2 aromatic rings. The smallest absolute Gasteiger partial charge is 0.160 e. The van der Waals surface area contributed by atoms with Crippen molar-refractivity contribution in [2.24, 2.45) is 5.41 Å². The van der Waals surface area contributed by atoms with Crippen LogP contribution < -0.4 is 5.32 Å². The molecule has 3 rings (SSSR count). The normalized spacial score (nSPS) is 18.9. The van der Waals surface area contributed by atoms with Gasteiger partial charge in [0.25, 0.3) is 0 Å². The van der Waals surface area contributed by atoms with Crippen LogP contribution in [0.2, 0.25) is 0 Å². The van der Waals surface area contributed by atoms with E-state index in [1.165, 1.54) is 18.5 Å². The van der Waals surface area contributed by atoms with E-state index in [1.807, 2.05) is 17.8 Å². The lowest BCUT2D eigenvalue weighted by atomic mass is 9.89. The molecule has 1 aliphatic carbocycles. The molecule has 1 fully saturated rings. The number of anilines is 1. The predicted octanol–water partition coefficient (Wildman–Crippen LogP) is 2.98. The molecule has 0 radical (unpaired) electrons. The number of nitrogens with one attached hydrogen (secondary N) is 1. The molecule has 2 aromatic heterocycles. The first-order chi connectivity index (χ1) is 8.55. The summed E-state index contributed by atoms with van der Waals surface area (Å²) in [5, 5.41) is 7.57. The van der Waals surface area contributed by atoms with Crippen molar-refractivity contribution in [1.82, 2.24) is 14.6 Å². The third-order valence-corrected chi connectivity index (χ3v) is 4.45. The number of nitrogens with zero attached hydrogens (tertiary/aromatic N) is 3. The molecule has 2 heterocycles. The molecule has 0 aliphatic heterocycles. The number of fused-ring (bicyclic) bond motifs is 1. The highest BCUT2D eigenvalue weighted by Gasteiger charge is 2.43. The lowest BCUT2D eigenvalue weighted by molar-refractivity contribution is 0.460. The Morgan fingerprint density at radius 1 is 1.44 bits per heavy atom. The molecule has 1 unspecified atom stereocenters. The van der Waals surface area contributed by atoms with E-state index in [4.69, 9.17) is 4.98 Å². The van der Waals surface area contributed by atoms with E-state index in [1.54, 1.807) is 0 Å². The van der Waals surface area contributed by atoms with Gasteiger partial charge in [-0.15, -0.1) is 0 Å². The van der Waals surface area contributed by atoms with Crippen LogP contribution in [0.1, 0.15) is 43.9 Å². The number of aromatic nitrogens is 3. The molecule has 4 nitrogen and oxygen atoms in total. The molecule has 0 amide bonds. The van der Waals surface area contributed by atoms with Gasteiger partial charge in [-0.1, -0.05) is 13.8 Å². The van der Waals surface area contributed by atoms with Crippen LogP contribution >= 0.6 is 0 Å². The number of rotatable bonds is 3. The molecule has 0 bridgehead atoms. The number of aryl methyl sites for hydroxylation is 1. The average Bonchev–Trinajstić information content (AvgIpc) is 3.02. The van der Waals surface area contributed by atoms with Crippen LogP contribution in [-0.2, 0) is 0 Å². The third kappa shape index (κ3) is 1.59. The van der Waals surface area contributed by atoms with Crippen molar-refractivity contribution < 1.29 is 0 Å². The molecule has 1 aliphatic rings. The van der Waals surface area contributed by atoms with Gasteiger partial charge in [-0.05, 0) is 25.2 Å². The Morgan fingerprint density at radius 2 is 2.17 bits per heavy atom. The first-order valence-corrected chi connectivity index (χ1v) is 6.58. The molecule has 96 valence electrons. The van der Waals surface area contributed by atoms with Crippen molar-refractivity contribution in [3.63, 3.8) is 0 Å². The maximum Gasteiger partial charge on any atom is 0.160 e. The van der Waals surface area contributed by atoms with E-state index < -0.39 is 0 Å². The van der Waals surface area contributed by atoms with Crippen LogP contribution in [0.3, 0.4) is 0 Å². The van der Waals surface area contributed by atoms with Gasteiger partial charge in [-0.3, -0.25) is 0 Å². The quantitative estimate of drug-likeness (QED) is 0.902. The highest BCUT2D eigenvalue weighted by atomic mass is 15.3. The van der Waals surface area contributed by atoms with Gasteiger partial charge in [-0.25, -0.2) is 4.98 Å². The first-order valence-electron chi connectivity index (χ1n) is 6.58.